The molecule has 0 N–H and O–H groups in total. The number of nitrogens with zero attached hydrogens (tertiary/aromatic N) is 1. The number of benzene rings is 2. The lowest BCUT2D eigenvalue weighted by molar-refractivity contribution is -0.135. The summed E-state index contributed by atoms with van der Waals surface area (Å²) in [7, 11) is 1.33. The maximum absolute atomic E-state index is 12.5. The highest BCUT2D eigenvalue weighted by Crippen LogP contribution is 2.14. The van der Waals surface area contributed by atoms with Gasteiger partial charge >= 0.3 is 5.97 Å². The number of carbonyl (C=O) groups excluding carboxylic acids is 2. The number of carbonyl (C=O) groups is 2. The van der Waals surface area contributed by atoms with Gasteiger partial charge in [0.15, 0.2) is 6.61 Å². The van der Waals surface area contributed by atoms with Crippen LogP contribution in [0.15, 0.2) is 54.6 Å². The number of ether oxygens (including phenoxy) is 2. The molecule has 2 aromatic carbocycles. The summed E-state index contributed by atoms with van der Waals surface area (Å²) >= 11 is 0. The monoisotopic (exact) mass is 341 g/mol. The first-order valence-corrected chi connectivity index (χ1v) is 8.16. The van der Waals surface area contributed by atoms with Crippen molar-refractivity contribution in [2.45, 2.75) is 26.4 Å². The van der Waals surface area contributed by atoms with E-state index in [1.165, 1.54) is 7.11 Å². The second kappa shape index (κ2) is 8.87. The van der Waals surface area contributed by atoms with Gasteiger partial charge in [0.2, 0.25) is 0 Å². The molecule has 0 saturated carbocycles. The molecule has 132 valence electrons. The molecular formula is C20H23NO4. The number of hydrogen-bond donors (Lipinski definition) is 0. The molecule has 0 aliphatic carbocycles. The summed E-state index contributed by atoms with van der Waals surface area (Å²) in [6.07, 6.45) is 0. The molecule has 0 aliphatic heterocycles. The fourth-order valence-corrected chi connectivity index (χ4v) is 2.37. The summed E-state index contributed by atoms with van der Waals surface area (Å²) in [6, 6.07) is 16.4. The van der Waals surface area contributed by atoms with Crippen LogP contribution >= 0.6 is 0 Å². The van der Waals surface area contributed by atoms with Gasteiger partial charge in [-0.05, 0) is 43.7 Å². The van der Waals surface area contributed by atoms with Crippen molar-refractivity contribution in [3.8, 4) is 5.75 Å². The fraction of sp³-hybridized carbons (Fsp3) is 0.300. The van der Waals surface area contributed by atoms with E-state index >= 15 is 0 Å². The van der Waals surface area contributed by atoms with Crippen LogP contribution in [-0.2, 0) is 16.1 Å². The van der Waals surface area contributed by atoms with E-state index in [-0.39, 0.29) is 18.6 Å². The lowest BCUT2D eigenvalue weighted by Gasteiger charge is -2.27. The summed E-state index contributed by atoms with van der Waals surface area (Å²) in [6.45, 7) is 4.45. The minimum atomic E-state index is -0.406. The third-order valence-electron chi connectivity index (χ3n) is 3.78. The third kappa shape index (κ3) is 5.35. The van der Waals surface area contributed by atoms with Gasteiger partial charge in [-0.25, -0.2) is 4.79 Å². The van der Waals surface area contributed by atoms with Crippen LogP contribution in [0.25, 0.3) is 0 Å². The molecule has 0 unspecified atom stereocenters. The Morgan fingerprint density at radius 2 is 1.64 bits per heavy atom. The lowest BCUT2D eigenvalue weighted by atomic mass is 10.2. The predicted octanol–water partition coefficient (Wildman–Crippen LogP) is 3.29. The summed E-state index contributed by atoms with van der Waals surface area (Å²) in [5.41, 5.74) is 1.51. The zero-order valence-electron chi connectivity index (χ0n) is 14.8. The number of esters is 1. The molecule has 0 aromatic heterocycles. The molecule has 25 heavy (non-hydrogen) atoms. The fourth-order valence-electron chi connectivity index (χ4n) is 2.37. The van der Waals surface area contributed by atoms with E-state index in [9.17, 15) is 9.59 Å². The SMILES string of the molecule is COC(=O)c1ccc(OCC(=O)N(Cc2ccccc2)C(C)C)cc1. The molecule has 2 rings (SSSR count). The Morgan fingerprint density at radius 1 is 1.00 bits per heavy atom. The van der Waals surface area contributed by atoms with Crippen LogP contribution in [-0.4, -0.2) is 36.5 Å². The first-order chi connectivity index (χ1) is 12.0. The second-order valence-electron chi connectivity index (χ2n) is 5.91. The van der Waals surface area contributed by atoms with E-state index < -0.39 is 5.97 Å². The summed E-state index contributed by atoms with van der Waals surface area (Å²) in [4.78, 5) is 25.7. The molecular weight excluding hydrogens is 318 g/mol. The van der Waals surface area contributed by atoms with Gasteiger partial charge in [0.05, 0.1) is 12.7 Å². The number of rotatable bonds is 7. The summed E-state index contributed by atoms with van der Waals surface area (Å²) < 4.78 is 10.2. The molecule has 0 heterocycles. The molecule has 2 aromatic rings. The Labute approximate surface area is 148 Å². The minimum Gasteiger partial charge on any atom is -0.484 e. The molecule has 0 atom stereocenters. The van der Waals surface area contributed by atoms with Gasteiger partial charge in [0, 0.05) is 12.6 Å². The first kappa shape index (κ1) is 18.5. The highest BCUT2D eigenvalue weighted by atomic mass is 16.5. The van der Waals surface area contributed by atoms with E-state index in [0.29, 0.717) is 17.9 Å². The predicted molar refractivity (Wildman–Crippen MR) is 95.4 cm³/mol. The number of methoxy groups -OCH3 is 1. The molecule has 0 aliphatic rings. The quantitative estimate of drug-likeness (QED) is 0.725. The van der Waals surface area contributed by atoms with Crippen LogP contribution in [0.1, 0.15) is 29.8 Å². The van der Waals surface area contributed by atoms with Crippen molar-refractivity contribution in [3.05, 3.63) is 65.7 Å². The molecule has 0 bridgehead atoms. The highest BCUT2D eigenvalue weighted by Gasteiger charge is 2.18. The molecule has 1 amide bonds. The van der Waals surface area contributed by atoms with Crippen LogP contribution in [0.5, 0.6) is 5.75 Å². The molecule has 5 nitrogen and oxygen atoms in total. The van der Waals surface area contributed by atoms with Gasteiger partial charge in [-0.15, -0.1) is 0 Å². The normalized spacial score (nSPS) is 10.4. The Balaban J connectivity index is 1.95. The average Bonchev–Trinajstić information content (AvgIpc) is 2.64. The Kier molecular flexibility index (Phi) is 6.57. The molecule has 0 fully saturated rings. The Hall–Kier alpha value is -2.82. The number of hydrogen-bond acceptors (Lipinski definition) is 4. The smallest absolute Gasteiger partial charge is 0.337 e. The van der Waals surface area contributed by atoms with Crippen LogP contribution < -0.4 is 4.74 Å². The van der Waals surface area contributed by atoms with E-state index in [2.05, 4.69) is 4.74 Å². The van der Waals surface area contributed by atoms with E-state index in [4.69, 9.17) is 4.74 Å². The van der Waals surface area contributed by atoms with Crippen LogP contribution in [0.2, 0.25) is 0 Å². The minimum absolute atomic E-state index is 0.0530. The van der Waals surface area contributed by atoms with Crippen molar-refractivity contribution in [2.24, 2.45) is 0 Å². The maximum atomic E-state index is 12.5. The Bertz CT molecular complexity index is 695. The first-order valence-electron chi connectivity index (χ1n) is 8.16. The van der Waals surface area contributed by atoms with E-state index in [0.717, 1.165) is 5.56 Å². The van der Waals surface area contributed by atoms with Crippen LogP contribution in [0.4, 0.5) is 0 Å². The van der Waals surface area contributed by atoms with Crippen LogP contribution in [0.3, 0.4) is 0 Å². The number of amides is 1. The summed E-state index contributed by atoms with van der Waals surface area (Å²) in [5, 5.41) is 0. The molecule has 5 heteroatoms. The van der Waals surface area contributed by atoms with Crippen molar-refractivity contribution in [1.82, 2.24) is 4.90 Å². The topological polar surface area (TPSA) is 55.8 Å². The van der Waals surface area contributed by atoms with Crippen molar-refractivity contribution in [1.29, 1.82) is 0 Å². The van der Waals surface area contributed by atoms with Crippen molar-refractivity contribution < 1.29 is 19.1 Å². The lowest BCUT2D eigenvalue weighted by Crippen LogP contribution is -2.39. The maximum Gasteiger partial charge on any atom is 0.337 e. The standard InChI is InChI=1S/C20H23NO4/c1-15(2)21(13-16-7-5-4-6-8-16)19(22)14-25-18-11-9-17(10-12-18)20(23)24-3/h4-12,15H,13-14H2,1-3H3. The van der Waals surface area contributed by atoms with Crippen molar-refractivity contribution in [3.63, 3.8) is 0 Å². The highest BCUT2D eigenvalue weighted by molar-refractivity contribution is 5.89. The van der Waals surface area contributed by atoms with Gasteiger partial charge in [-0.3, -0.25) is 4.79 Å². The molecule has 0 radical (unpaired) electrons. The largest absolute Gasteiger partial charge is 0.484 e. The van der Waals surface area contributed by atoms with Gasteiger partial charge in [-0.1, -0.05) is 30.3 Å². The van der Waals surface area contributed by atoms with E-state index in [1.54, 1.807) is 29.2 Å². The molecule has 0 spiro atoms. The van der Waals surface area contributed by atoms with Gasteiger partial charge in [0.25, 0.3) is 5.91 Å². The van der Waals surface area contributed by atoms with Gasteiger partial charge in [-0.2, -0.15) is 0 Å². The average molecular weight is 341 g/mol. The Morgan fingerprint density at radius 3 is 2.20 bits per heavy atom. The van der Waals surface area contributed by atoms with Crippen molar-refractivity contribution in [2.75, 3.05) is 13.7 Å². The van der Waals surface area contributed by atoms with Gasteiger partial charge < -0.3 is 14.4 Å². The van der Waals surface area contributed by atoms with Crippen LogP contribution in [0, 0.1) is 0 Å². The van der Waals surface area contributed by atoms with Gasteiger partial charge in [0.1, 0.15) is 5.75 Å². The second-order valence-corrected chi connectivity index (χ2v) is 5.91. The molecule has 0 saturated heterocycles. The van der Waals surface area contributed by atoms with E-state index in [1.807, 2.05) is 44.2 Å². The summed E-state index contributed by atoms with van der Waals surface area (Å²) in [5.74, 6) is 0.0387. The van der Waals surface area contributed by atoms with Crippen molar-refractivity contribution >= 4 is 11.9 Å². The zero-order chi connectivity index (χ0) is 18.2. The zero-order valence-corrected chi connectivity index (χ0v) is 14.8. The third-order valence-corrected chi connectivity index (χ3v) is 3.78.